The van der Waals surface area contributed by atoms with Crippen molar-refractivity contribution in [3.8, 4) is 22.6 Å². The van der Waals surface area contributed by atoms with Crippen LogP contribution in [0.2, 0.25) is 0 Å². The van der Waals surface area contributed by atoms with Gasteiger partial charge in [0.25, 0.3) is 0 Å². The highest BCUT2D eigenvalue weighted by atomic mass is 16.5. The first kappa shape index (κ1) is 29.2. The third kappa shape index (κ3) is 4.78. The first-order valence-corrected chi connectivity index (χ1v) is 15.4. The van der Waals surface area contributed by atoms with Crippen LogP contribution >= 0.6 is 0 Å². The largest absolute Gasteiger partial charge is 0.426 e. The molecule has 4 nitrogen and oxygen atoms in total. The molecule has 226 valence electrons. The Morgan fingerprint density at radius 1 is 0.587 bits per heavy atom. The summed E-state index contributed by atoms with van der Waals surface area (Å²) in [6, 6.07) is 42.0. The molecule has 1 aliphatic rings. The quantitative estimate of drug-likeness (QED) is 0.112. The monoisotopic (exact) mass is 602 g/mol. The first-order valence-electron chi connectivity index (χ1n) is 15.4. The lowest BCUT2D eigenvalue weighted by molar-refractivity contribution is -0.143. The van der Waals surface area contributed by atoms with Gasteiger partial charge in [0.15, 0.2) is 0 Å². The Hall–Kier alpha value is -5.48. The van der Waals surface area contributed by atoms with E-state index in [-0.39, 0.29) is 5.97 Å². The van der Waals surface area contributed by atoms with E-state index in [1.165, 1.54) is 22.3 Å². The Morgan fingerprint density at radius 2 is 1.02 bits per heavy atom. The number of benzene rings is 6. The molecule has 0 heterocycles. The van der Waals surface area contributed by atoms with Gasteiger partial charge in [-0.2, -0.15) is 0 Å². The van der Waals surface area contributed by atoms with Crippen molar-refractivity contribution in [3.05, 3.63) is 156 Å². The van der Waals surface area contributed by atoms with E-state index >= 15 is 0 Å². The average molecular weight is 603 g/mol. The predicted molar refractivity (Wildman–Crippen MR) is 184 cm³/mol. The van der Waals surface area contributed by atoms with Gasteiger partial charge >= 0.3 is 11.9 Å². The van der Waals surface area contributed by atoms with E-state index in [4.69, 9.17) is 9.47 Å². The molecule has 6 aromatic rings. The van der Waals surface area contributed by atoms with Gasteiger partial charge in [-0.25, -0.2) is 4.79 Å². The van der Waals surface area contributed by atoms with E-state index in [0.29, 0.717) is 17.1 Å². The third-order valence-corrected chi connectivity index (χ3v) is 8.82. The molecule has 0 N–H and O–H groups in total. The number of rotatable bonds is 5. The zero-order valence-corrected chi connectivity index (χ0v) is 26.4. The Bertz CT molecular complexity index is 2170. The maximum absolute atomic E-state index is 12.6. The second-order valence-electron chi connectivity index (χ2n) is 13.1. The van der Waals surface area contributed by atoms with Gasteiger partial charge in [-0.3, -0.25) is 4.79 Å². The molecular formula is C42H34O4. The number of fused-ring (bicyclic) bond motifs is 5. The molecule has 1 aliphatic carbocycles. The predicted octanol–water partition coefficient (Wildman–Crippen LogP) is 9.79. The summed E-state index contributed by atoms with van der Waals surface area (Å²) in [7, 11) is 0. The van der Waals surface area contributed by atoms with Crippen molar-refractivity contribution in [1.29, 1.82) is 0 Å². The van der Waals surface area contributed by atoms with Gasteiger partial charge in [0, 0.05) is 5.57 Å². The fraction of sp³-hybridized carbons (Fsp3) is 0.143. The van der Waals surface area contributed by atoms with Crippen LogP contribution in [0.3, 0.4) is 0 Å². The fourth-order valence-electron chi connectivity index (χ4n) is 6.52. The molecule has 0 aliphatic heterocycles. The molecule has 4 heteroatoms. The summed E-state index contributed by atoms with van der Waals surface area (Å²) >= 11 is 0. The molecule has 0 spiro atoms. The van der Waals surface area contributed by atoms with Crippen LogP contribution in [0.15, 0.2) is 133 Å². The highest BCUT2D eigenvalue weighted by molar-refractivity contribution is 5.93. The van der Waals surface area contributed by atoms with Gasteiger partial charge in [0.2, 0.25) is 0 Å². The van der Waals surface area contributed by atoms with Gasteiger partial charge < -0.3 is 9.47 Å². The minimum atomic E-state index is -0.592. The lowest BCUT2D eigenvalue weighted by atomic mass is 9.67. The fourth-order valence-corrected chi connectivity index (χ4v) is 6.52. The molecule has 0 saturated carbocycles. The third-order valence-electron chi connectivity index (χ3n) is 8.82. The van der Waals surface area contributed by atoms with E-state index in [1.54, 1.807) is 6.92 Å². The van der Waals surface area contributed by atoms with Crippen molar-refractivity contribution in [2.75, 3.05) is 0 Å². The Labute approximate surface area is 268 Å². The second kappa shape index (κ2) is 10.8. The number of esters is 2. The molecule has 0 unspecified atom stereocenters. The van der Waals surface area contributed by atoms with Crippen molar-refractivity contribution < 1.29 is 19.1 Å². The Kier molecular flexibility index (Phi) is 6.90. The summed E-state index contributed by atoms with van der Waals surface area (Å²) < 4.78 is 11.2. The summed E-state index contributed by atoms with van der Waals surface area (Å²) in [6.45, 7) is 10.9. The molecule has 0 amide bonds. The van der Waals surface area contributed by atoms with Gasteiger partial charge in [-0.15, -0.1) is 0 Å². The number of hydrogen-bond donors (Lipinski definition) is 0. The summed E-state index contributed by atoms with van der Waals surface area (Å²) in [5, 5.41) is 4.06. The summed E-state index contributed by atoms with van der Waals surface area (Å²) in [5.74, 6) is 0.319. The molecule has 7 rings (SSSR count). The zero-order chi connectivity index (χ0) is 32.2. The van der Waals surface area contributed by atoms with Gasteiger partial charge in [-0.1, -0.05) is 91.5 Å². The van der Waals surface area contributed by atoms with Crippen molar-refractivity contribution in [2.24, 2.45) is 5.41 Å². The van der Waals surface area contributed by atoms with Crippen LogP contribution in [0, 0.1) is 5.41 Å². The van der Waals surface area contributed by atoms with E-state index in [0.717, 1.165) is 32.7 Å². The Balaban J connectivity index is 1.41. The highest BCUT2D eigenvalue weighted by Gasteiger charge is 2.46. The number of hydrogen-bond acceptors (Lipinski definition) is 4. The van der Waals surface area contributed by atoms with Crippen LogP contribution in [-0.2, 0) is 15.0 Å². The van der Waals surface area contributed by atoms with Crippen molar-refractivity contribution in [2.45, 2.75) is 33.1 Å². The number of ether oxygens (including phenoxy) is 2. The normalized spacial score (nSPS) is 13.2. The Morgan fingerprint density at radius 3 is 1.50 bits per heavy atom. The minimum Gasteiger partial charge on any atom is -0.426 e. The molecule has 0 aromatic heterocycles. The van der Waals surface area contributed by atoms with Crippen molar-refractivity contribution in [3.63, 3.8) is 0 Å². The molecular weight excluding hydrogens is 568 g/mol. The number of carbonyl (C=O) groups is 2. The standard InChI is InChI=1S/C42H34O4/c1-26(2)39(43)45-33-20-16-27-22-31(18-14-29(27)24-33)42(37-12-8-6-10-35(37)36-11-7-9-13-38(36)42)32-19-15-30-25-34(21-17-28(30)23-32)46-40(44)41(3,4)5/h6-25H,1H2,2-5H3. The van der Waals surface area contributed by atoms with Crippen LogP contribution in [0.5, 0.6) is 11.5 Å². The summed E-state index contributed by atoms with van der Waals surface area (Å²) in [5.41, 5.74) is 6.32. The smallest absolute Gasteiger partial charge is 0.338 e. The van der Waals surface area contributed by atoms with E-state index in [1.807, 2.05) is 57.2 Å². The lowest BCUT2D eigenvalue weighted by Crippen LogP contribution is -2.28. The maximum atomic E-state index is 12.6. The maximum Gasteiger partial charge on any atom is 0.338 e. The van der Waals surface area contributed by atoms with Gasteiger partial charge in [-0.05, 0) is 119 Å². The van der Waals surface area contributed by atoms with E-state index < -0.39 is 16.8 Å². The number of carbonyl (C=O) groups excluding carboxylic acids is 2. The SMILES string of the molecule is C=C(C)C(=O)Oc1ccc2cc(C3(c4ccc5cc(OC(=O)C(C)(C)C)ccc5c4)c4ccccc4-c4ccccc43)ccc2c1. The van der Waals surface area contributed by atoms with Crippen LogP contribution in [-0.4, -0.2) is 11.9 Å². The molecule has 46 heavy (non-hydrogen) atoms. The second-order valence-corrected chi connectivity index (χ2v) is 13.1. The lowest BCUT2D eigenvalue weighted by Gasteiger charge is -2.34. The topological polar surface area (TPSA) is 52.6 Å². The van der Waals surface area contributed by atoms with Gasteiger partial charge in [0.1, 0.15) is 11.5 Å². The molecule has 0 saturated heterocycles. The molecule has 0 atom stereocenters. The van der Waals surface area contributed by atoms with E-state index in [2.05, 4.69) is 91.5 Å². The molecule has 0 radical (unpaired) electrons. The molecule has 6 aromatic carbocycles. The summed E-state index contributed by atoms with van der Waals surface area (Å²) in [6.07, 6.45) is 0. The molecule has 0 fully saturated rings. The van der Waals surface area contributed by atoms with Crippen LogP contribution in [0.25, 0.3) is 32.7 Å². The van der Waals surface area contributed by atoms with Crippen molar-refractivity contribution >= 4 is 33.5 Å². The van der Waals surface area contributed by atoms with Crippen LogP contribution in [0.4, 0.5) is 0 Å². The van der Waals surface area contributed by atoms with Gasteiger partial charge in [0.05, 0.1) is 10.8 Å². The first-order chi connectivity index (χ1) is 22.1. The minimum absolute atomic E-state index is 0.265. The average Bonchev–Trinajstić information content (AvgIpc) is 3.35. The summed E-state index contributed by atoms with van der Waals surface area (Å²) in [4.78, 5) is 24.7. The zero-order valence-electron chi connectivity index (χ0n) is 26.4. The highest BCUT2D eigenvalue weighted by Crippen LogP contribution is 2.56. The van der Waals surface area contributed by atoms with Crippen LogP contribution < -0.4 is 9.47 Å². The van der Waals surface area contributed by atoms with Crippen molar-refractivity contribution in [1.82, 2.24) is 0 Å². The van der Waals surface area contributed by atoms with E-state index in [9.17, 15) is 9.59 Å². The van der Waals surface area contributed by atoms with Crippen LogP contribution in [0.1, 0.15) is 49.9 Å². The molecule has 0 bridgehead atoms.